The van der Waals surface area contributed by atoms with Crippen molar-refractivity contribution < 1.29 is 38.7 Å². The van der Waals surface area contributed by atoms with Gasteiger partial charge in [0.1, 0.15) is 24.7 Å². The number of hydrogen-bond donors (Lipinski definition) is 4. The van der Waals surface area contributed by atoms with E-state index in [-0.39, 0.29) is 43.0 Å². The second kappa shape index (κ2) is 14.6. The Morgan fingerprint density at radius 3 is 2.28 bits per heavy atom. The van der Waals surface area contributed by atoms with E-state index in [2.05, 4.69) is 20.1 Å². The number of nitrogens with zero attached hydrogens (tertiary/aromatic N) is 2. The van der Waals surface area contributed by atoms with Crippen molar-refractivity contribution in [3.63, 3.8) is 0 Å². The molecule has 1 aromatic heterocycles. The summed E-state index contributed by atoms with van der Waals surface area (Å²) in [4.78, 5) is 32.1. The molecule has 2 aromatic rings. The Bertz CT molecular complexity index is 1080. The van der Waals surface area contributed by atoms with E-state index in [0.29, 0.717) is 62.6 Å². The first-order valence-electron chi connectivity index (χ1n) is 13.6. The third-order valence-electron chi connectivity index (χ3n) is 7.04. The Morgan fingerprint density at radius 1 is 1.03 bits per heavy atom. The third kappa shape index (κ3) is 8.62. The van der Waals surface area contributed by atoms with Gasteiger partial charge < -0.3 is 39.5 Å². The van der Waals surface area contributed by atoms with E-state index >= 15 is 0 Å². The van der Waals surface area contributed by atoms with E-state index in [1.165, 1.54) is 6.07 Å². The van der Waals surface area contributed by atoms with Crippen LogP contribution in [-0.4, -0.2) is 128 Å². The van der Waals surface area contributed by atoms with E-state index in [4.69, 9.17) is 18.9 Å². The van der Waals surface area contributed by atoms with E-state index in [0.717, 1.165) is 26.2 Å². The summed E-state index contributed by atoms with van der Waals surface area (Å²) in [7, 11) is 0. The molecule has 1 aromatic carbocycles. The van der Waals surface area contributed by atoms with Crippen molar-refractivity contribution in [2.24, 2.45) is 0 Å². The summed E-state index contributed by atoms with van der Waals surface area (Å²) in [5.74, 6) is -0.861. The molecule has 4 rings (SSSR count). The number of ether oxygens (including phenoxy) is 4. The van der Waals surface area contributed by atoms with Crippen molar-refractivity contribution in [2.75, 3.05) is 85.5 Å². The van der Waals surface area contributed by atoms with Gasteiger partial charge in [-0.25, -0.2) is 4.79 Å². The maximum atomic E-state index is 12.6. The minimum Gasteiger partial charge on any atom is -0.506 e. The Morgan fingerprint density at radius 2 is 1.64 bits per heavy atom. The SMILES string of the molecule is CC(CC(=O)OCCN1CCOCC1)NCC(O)c1ccc(O)c2[nH]c(C(=O)OCCN3CCOCC3)cc12. The number of carbonyl (C=O) groups excluding carboxylic acids is 2. The number of morpholine rings is 2. The smallest absolute Gasteiger partial charge is 0.354 e. The van der Waals surface area contributed by atoms with Gasteiger partial charge in [-0.05, 0) is 24.6 Å². The Labute approximate surface area is 228 Å². The molecule has 2 unspecified atom stereocenters. The van der Waals surface area contributed by atoms with Crippen molar-refractivity contribution in [3.8, 4) is 5.75 Å². The fraction of sp³-hybridized carbons (Fsp3) is 0.630. The minimum atomic E-state index is -0.936. The van der Waals surface area contributed by atoms with Crippen molar-refractivity contribution in [2.45, 2.75) is 25.5 Å². The summed E-state index contributed by atoms with van der Waals surface area (Å²) < 4.78 is 21.4. The Hall–Kier alpha value is -2.74. The first-order chi connectivity index (χ1) is 18.9. The van der Waals surface area contributed by atoms with Crippen LogP contribution >= 0.6 is 0 Å². The molecule has 0 saturated carbocycles. The standard InChI is InChI=1S/C27H40N4O8/c1-19(16-25(34)38-14-8-30-4-10-36-11-5-30)28-18-24(33)20-2-3-23(32)26-21(20)17-22(29-26)27(35)39-15-9-31-6-12-37-13-7-31/h2-3,17,19,24,28-29,32-33H,4-16,18H2,1H3. The van der Waals surface area contributed by atoms with Gasteiger partial charge in [-0.3, -0.25) is 14.6 Å². The number of esters is 2. The van der Waals surface area contributed by atoms with E-state index in [9.17, 15) is 19.8 Å². The predicted octanol–water partition coefficient (Wildman–Crippen LogP) is 0.640. The molecule has 2 atom stereocenters. The molecule has 0 spiro atoms. The highest BCUT2D eigenvalue weighted by Crippen LogP contribution is 2.31. The number of rotatable bonds is 13. The van der Waals surface area contributed by atoms with Crippen LogP contribution in [-0.2, 0) is 23.7 Å². The lowest BCUT2D eigenvalue weighted by atomic mass is 10.0. The highest BCUT2D eigenvalue weighted by Gasteiger charge is 2.21. The quantitative estimate of drug-likeness (QED) is 0.262. The number of H-pyrrole nitrogens is 1. The molecular weight excluding hydrogens is 508 g/mol. The fourth-order valence-electron chi connectivity index (χ4n) is 4.71. The number of aromatic nitrogens is 1. The van der Waals surface area contributed by atoms with Crippen LogP contribution in [0, 0.1) is 0 Å². The lowest BCUT2D eigenvalue weighted by Gasteiger charge is -2.26. The fourth-order valence-corrected chi connectivity index (χ4v) is 4.71. The van der Waals surface area contributed by atoms with E-state index < -0.39 is 12.1 Å². The van der Waals surface area contributed by atoms with Crippen molar-refractivity contribution in [1.82, 2.24) is 20.1 Å². The van der Waals surface area contributed by atoms with Gasteiger partial charge in [0.05, 0.1) is 44.5 Å². The molecule has 0 bridgehead atoms. The lowest BCUT2D eigenvalue weighted by molar-refractivity contribution is -0.144. The summed E-state index contributed by atoms with van der Waals surface area (Å²) in [5, 5.41) is 24.9. The molecule has 4 N–H and O–H groups in total. The van der Waals surface area contributed by atoms with Gasteiger partial charge in [-0.15, -0.1) is 0 Å². The first kappa shape index (κ1) is 29.2. The Kier molecular flexibility index (Phi) is 10.9. The van der Waals surface area contributed by atoms with Crippen molar-refractivity contribution in [3.05, 3.63) is 29.5 Å². The molecule has 216 valence electrons. The van der Waals surface area contributed by atoms with Crippen molar-refractivity contribution >= 4 is 22.8 Å². The molecule has 3 heterocycles. The topological polar surface area (TPSA) is 146 Å². The second-order valence-corrected chi connectivity index (χ2v) is 9.94. The van der Waals surface area contributed by atoms with Crippen LogP contribution in [0.15, 0.2) is 18.2 Å². The van der Waals surface area contributed by atoms with Gasteiger partial charge in [0.25, 0.3) is 0 Å². The molecule has 12 heteroatoms. The molecule has 2 saturated heterocycles. The zero-order valence-electron chi connectivity index (χ0n) is 22.5. The summed E-state index contributed by atoms with van der Waals surface area (Å²) in [6.07, 6.45) is -0.764. The number of aliphatic hydroxyl groups excluding tert-OH is 1. The average Bonchev–Trinajstić information content (AvgIpc) is 3.40. The Balaban J connectivity index is 1.25. The molecule has 0 amide bonds. The maximum Gasteiger partial charge on any atom is 0.354 e. The van der Waals surface area contributed by atoms with Gasteiger partial charge in [0, 0.05) is 57.2 Å². The first-order valence-corrected chi connectivity index (χ1v) is 13.6. The number of carbonyl (C=O) groups is 2. The van der Waals surface area contributed by atoms with Crippen LogP contribution in [0.3, 0.4) is 0 Å². The minimum absolute atomic E-state index is 0.0329. The number of benzene rings is 1. The van der Waals surface area contributed by atoms with E-state index in [1.807, 2.05) is 6.92 Å². The molecular formula is C27H40N4O8. The predicted molar refractivity (Wildman–Crippen MR) is 143 cm³/mol. The van der Waals surface area contributed by atoms with Crippen molar-refractivity contribution in [1.29, 1.82) is 0 Å². The highest BCUT2D eigenvalue weighted by atomic mass is 16.5. The molecule has 2 fully saturated rings. The average molecular weight is 549 g/mol. The van der Waals surface area contributed by atoms with Gasteiger partial charge in [0.2, 0.25) is 0 Å². The normalized spacial score (nSPS) is 18.6. The molecule has 0 aliphatic carbocycles. The molecule has 12 nitrogen and oxygen atoms in total. The molecule has 2 aliphatic rings. The summed E-state index contributed by atoms with van der Waals surface area (Å²) in [5.41, 5.74) is 1.09. The molecule has 39 heavy (non-hydrogen) atoms. The van der Waals surface area contributed by atoms with Gasteiger partial charge in [-0.1, -0.05) is 6.07 Å². The number of aliphatic hydroxyl groups is 1. The van der Waals surface area contributed by atoms with Crippen LogP contribution in [0.4, 0.5) is 0 Å². The number of hydrogen-bond acceptors (Lipinski definition) is 11. The van der Waals surface area contributed by atoms with Crippen LogP contribution in [0.1, 0.15) is 35.5 Å². The largest absolute Gasteiger partial charge is 0.506 e. The van der Waals surface area contributed by atoms with Crippen LogP contribution in [0.5, 0.6) is 5.75 Å². The van der Waals surface area contributed by atoms with Gasteiger partial charge >= 0.3 is 11.9 Å². The van der Waals surface area contributed by atoms with Gasteiger partial charge in [-0.2, -0.15) is 0 Å². The summed E-state index contributed by atoms with van der Waals surface area (Å²) >= 11 is 0. The lowest BCUT2D eigenvalue weighted by Crippen LogP contribution is -2.39. The highest BCUT2D eigenvalue weighted by molar-refractivity contribution is 5.98. The van der Waals surface area contributed by atoms with Gasteiger partial charge in [0.15, 0.2) is 0 Å². The van der Waals surface area contributed by atoms with Crippen LogP contribution in [0.2, 0.25) is 0 Å². The maximum absolute atomic E-state index is 12.6. The zero-order chi connectivity index (χ0) is 27.6. The third-order valence-corrected chi connectivity index (χ3v) is 7.04. The number of phenolic OH excluding ortho intramolecular Hbond substituents is 1. The summed E-state index contributed by atoms with van der Waals surface area (Å²) in [6, 6.07) is 4.46. The number of nitrogens with one attached hydrogen (secondary N) is 2. The molecule has 2 aliphatic heterocycles. The van der Waals surface area contributed by atoms with E-state index in [1.54, 1.807) is 12.1 Å². The van der Waals surface area contributed by atoms with Crippen LogP contribution < -0.4 is 5.32 Å². The number of aromatic amines is 1. The van der Waals surface area contributed by atoms with Crippen LogP contribution in [0.25, 0.3) is 10.9 Å². The zero-order valence-corrected chi connectivity index (χ0v) is 22.5. The monoisotopic (exact) mass is 548 g/mol. The summed E-state index contributed by atoms with van der Waals surface area (Å²) in [6.45, 7) is 9.97. The number of fused-ring (bicyclic) bond motifs is 1. The number of phenols is 1. The number of aromatic hydroxyl groups is 1. The molecule has 0 radical (unpaired) electrons. The second-order valence-electron chi connectivity index (χ2n) is 9.94.